The van der Waals surface area contributed by atoms with Gasteiger partial charge in [-0.25, -0.2) is 0 Å². The van der Waals surface area contributed by atoms with Gasteiger partial charge in [-0.2, -0.15) is 0 Å². The van der Waals surface area contributed by atoms with Gasteiger partial charge in [-0.3, -0.25) is 4.90 Å². The smallest absolute Gasteiger partial charge is 0.0197 e. The van der Waals surface area contributed by atoms with Crippen molar-refractivity contribution in [3.8, 4) is 0 Å². The quantitative estimate of drug-likeness (QED) is 0.722. The summed E-state index contributed by atoms with van der Waals surface area (Å²) < 4.78 is 0. The lowest BCUT2D eigenvalue weighted by Gasteiger charge is -2.35. The fourth-order valence-electron chi connectivity index (χ4n) is 3.27. The zero-order valence-electron chi connectivity index (χ0n) is 10.9. The van der Waals surface area contributed by atoms with Crippen LogP contribution in [0.2, 0.25) is 0 Å². The van der Waals surface area contributed by atoms with Crippen LogP contribution in [0.3, 0.4) is 0 Å². The molecule has 0 aromatic carbocycles. The summed E-state index contributed by atoms with van der Waals surface area (Å²) in [6, 6.07) is 1.56. The second kappa shape index (κ2) is 5.99. The summed E-state index contributed by atoms with van der Waals surface area (Å²) in [6.45, 7) is 8.65. The molecule has 0 bridgehead atoms. The molecule has 0 aromatic heterocycles. The molecule has 0 spiro atoms. The molecular weight excluding hydrogens is 198 g/mol. The van der Waals surface area contributed by atoms with Crippen molar-refractivity contribution in [1.82, 2.24) is 15.1 Å². The number of nitrogens with zero attached hydrogens (tertiary/aromatic N) is 2. The first kappa shape index (κ1) is 12.3. The van der Waals surface area contributed by atoms with Crippen molar-refractivity contribution in [2.24, 2.45) is 0 Å². The predicted molar refractivity (Wildman–Crippen MR) is 68.8 cm³/mol. The zero-order chi connectivity index (χ0) is 11.4. The van der Waals surface area contributed by atoms with Crippen LogP contribution in [0.25, 0.3) is 0 Å². The molecule has 1 N–H and O–H groups in total. The fraction of sp³-hybridized carbons (Fsp3) is 1.00. The highest BCUT2D eigenvalue weighted by atomic mass is 15.2. The predicted octanol–water partition coefficient (Wildman–Crippen LogP) is 1.15. The van der Waals surface area contributed by atoms with Gasteiger partial charge in [-0.05, 0) is 65.8 Å². The summed E-state index contributed by atoms with van der Waals surface area (Å²) in [7, 11) is 2.26. The molecule has 2 unspecified atom stereocenters. The van der Waals surface area contributed by atoms with E-state index in [0.717, 1.165) is 12.1 Å². The topological polar surface area (TPSA) is 18.5 Å². The van der Waals surface area contributed by atoms with Gasteiger partial charge < -0.3 is 10.2 Å². The standard InChI is InChI=1S/C13H27N3/c1-12-11-15(2)9-4-10-16(12)13-5-3-7-14-8-6-13/h12-14H,3-11H2,1-2H3. The van der Waals surface area contributed by atoms with E-state index in [4.69, 9.17) is 0 Å². The van der Waals surface area contributed by atoms with Gasteiger partial charge in [0.05, 0.1) is 0 Å². The van der Waals surface area contributed by atoms with Gasteiger partial charge in [0.25, 0.3) is 0 Å². The number of likely N-dealkylation sites (N-methyl/N-ethyl adjacent to an activating group) is 1. The van der Waals surface area contributed by atoms with Gasteiger partial charge in [0, 0.05) is 18.6 Å². The van der Waals surface area contributed by atoms with E-state index >= 15 is 0 Å². The molecule has 2 atom stereocenters. The van der Waals surface area contributed by atoms with Crippen LogP contribution < -0.4 is 5.32 Å². The second-order valence-electron chi connectivity index (χ2n) is 5.54. The molecular formula is C13H27N3. The molecule has 2 aliphatic heterocycles. The van der Waals surface area contributed by atoms with E-state index in [1.54, 1.807) is 0 Å². The molecule has 2 rings (SSSR count). The second-order valence-corrected chi connectivity index (χ2v) is 5.54. The summed E-state index contributed by atoms with van der Waals surface area (Å²) in [5, 5.41) is 3.52. The zero-order valence-corrected chi connectivity index (χ0v) is 10.9. The van der Waals surface area contributed by atoms with Gasteiger partial charge in [-0.15, -0.1) is 0 Å². The van der Waals surface area contributed by atoms with E-state index in [0.29, 0.717) is 0 Å². The molecule has 0 radical (unpaired) electrons. The fourth-order valence-corrected chi connectivity index (χ4v) is 3.27. The van der Waals surface area contributed by atoms with E-state index in [2.05, 4.69) is 29.1 Å². The summed E-state index contributed by atoms with van der Waals surface area (Å²) in [5.74, 6) is 0. The Bertz CT molecular complexity index is 199. The average molecular weight is 225 g/mol. The molecule has 0 aliphatic carbocycles. The van der Waals surface area contributed by atoms with Crippen molar-refractivity contribution in [1.29, 1.82) is 0 Å². The number of hydrogen-bond donors (Lipinski definition) is 1. The molecule has 2 aliphatic rings. The van der Waals surface area contributed by atoms with Gasteiger partial charge in [0.1, 0.15) is 0 Å². The van der Waals surface area contributed by atoms with Crippen LogP contribution in [0, 0.1) is 0 Å². The first-order valence-electron chi connectivity index (χ1n) is 6.92. The van der Waals surface area contributed by atoms with E-state index in [9.17, 15) is 0 Å². The van der Waals surface area contributed by atoms with E-state index in [-0.39, 0.29) is 0 Å². The highest BCUT2D eigenvalue weighted by Crippen LogP contribution is 2.19. The van der Waals surface area contributed by atoms with Crippen LogP contribution in [0.1, 0.15) is 32.6 Å². The van der Waals surface area contributed by atoms with Crippen molar-refractivity contribution in [3.63, 3.8) is 0 Å². The van der Waals surface area contributed by atoms with Crippen molar-refractivity contribution >= 4 is 0 Å². The Kier molecular flexibility index (Phi) is 4.62. The lowest BCUT2D eigenvalue weighted by molar-refractivity contribution is 0.132. The Morgan fingerprint density at radius 1 is 1.06 bits per heavy atom. The van der Waals surface area contributed by atoms with Gasteiger partial charge >= 0.3 is 0 Å². The first-order chi connectivity index (χ1) is 7.77. The SMILES string of the molecule is CC1CN(C)CCCN1C1CCCNCC1. The Morgan fingerprint density at radius 2 is 1.94 bits per heavy atom. The third-order valence-corrected chi connectivity index (χ3v) is 4.11. The number of rotatable bonds is 1. The minimum atomic E-state index is 0.732. The molecule has 0 amide bonds. The lowest BCUT2D eigenvalue weighted by Crippen LogP contribution is -2.44. The van der Waals surface area contributed by atoms with Gasteiger partial charge in [0.2, 0.25) is 0 Å². The Morgan fingerprint density at radius 3 is 2.81 bits per heavy atom. The highest BCUT2D eigenvalue weighted by molar-refractivity contribution is 4.83. The number of hydrogen-bond acceptors (Lipinski definition) is 3. The van der Waals surface area contributed by atoms with Crippen molar-refractivity contribution in [2.75, 3.05) is 39.8 Å². The maximum Gasteiger partial charge on any atom is 0.0197 e. The van der Waals surface area contributed by atoms with Gasteiger partial charge in [0.15, 0.2) is 0 Å². The molecule has 94 valence electrons. The normalized spacial score (nSPS) is 35.6. The van der Waals surface area contributed by atoms with Crippen LogP contribution in [-0.4, -0.2) is 61.7 Å². The van der Waals surface area contributed by atoms with Crippen molar-refractivity contribution in [2.45, 2.75) is 44.7 Å². The number of nitrogens with one attached hydrogen (secondary N) is 1. The monoisotopic (exact) mass is 225 g/mol. The third-order valence-electron chi connectivity index (χ3n) is 4.11. The molecule has 0 aromatic rings. The van der Waals surface area contributed by atoms with Crippen molar-refractivity contribution in [3.05, 3.63) is 0 Å². The molecule has 3 nitrogen and oxygen atoms in total. The summed E-state index contributed by atoms with van der Waals surface area (Å²) in [4.78, 5) is 5.26. The molecule has 3 heteroatoms. The maximum atomic E-state index is 3.52. The van der Waals surface area contributed by atoms with E-state index in [1.807, 2.05) is 0 Å². The highest BCUT2D eigenvalue weighted by Gasteiger charge is 2.26. The first-order valence-corrected chi connectivity index (χ1v) is 6.92. The lowest BCUT2D eigenvalue weighted by atomic mass is 10.1. The minimum Gasteiger partial charge on any atom is -0.317 e. The van der Waals surface area contributed by atoms with E-state index < -0.39 is 0 Å². The Hall–Kier alpha value is -0.120. The van der Waals surface area contributed by atoms with Crippen LogP contribution in [0.5, 0.6) is 0 Å². The van der Waals surface area contributed by atoms with Crippen LogP contribution in [-0.2, 0) is 0 Å². The molecule has 2 saturated heterocycles. The van der Waals surface area contributed by atoms with Crippen molar-refractivity contribution < 1.29 is 0 Å². The van der Waals surface area contributed by atoms with E-state index in [1.165, 1.54) is 58.4 Å². The molecule has 16 heavy (non-hydrogen) atoms. The van der Waals surface area contributed by atoms with Gasteiger partial charge in [-0.1, -0.05) is 0 Å². The summed E-state index contributed by atoms with van der Waals surface area (Å²) >= 11 is 0. The molecule has 2 heterocycles. The molecule has 0 saturated carbocycles. The maximum absolute atomic E-state index is 3.52. The average Bonchev–Trinajstić information content (AvgIpc) is 2.58. The summed E-state index contributed by atoms with van der Waals surface area (Å²) in [6.07, 6.45) is 5.42. The third kappa shape index (κ3) is 3.19. The van der Waals surface area contributed by atoms with Crippen LogP contribution in [0.4, 0.5) is 0 Å². The van der Waals surface area contributed by atoms with Crippen LogP contribution >= 0.6 is 0 Å². The minimum absolute atomic E-state index is 0.732. The Labute approximate surface area is 100 Å². The molecule has 2 fully saturated rings. The van der Waals surface area contributed by atoms with Crippen LogP contribution in [0.15, 0.2) is 0 Å². The summed E-state index contributed by atoms with van der Waals surface area (Å²) in [5.41, 5.74) is 0. The Balaban J connectivity index is 1.94. The largest absolute Gasteiger partial charge is 0.317 e.